The summed E-state index contributed by atoms with van der Waals surface area (Å²) in [4.78, 5) is 17.6. The normalized spacial score (nSPS) is 11.8. The van der Waals surface area contributed by atoms with Gasteiger partial charge < -0.3 is 5.32 Å². The van der Waals surface area contributed by atoms with Crippen LogP contribution in [0.3, 0.4) is 0 Å². The fraction of sp³-hybridized carbons (Fsp3) is 0.241. The van der Waals surface area contributed by atoms with Crippen LogP contribution in [-0.2, 0) is 12.7 Å². The van der Waals surface area contributed by atoms with Crippen molar-refractivity contribution in [3.63, 3.8) is 0 Å². The van der Waals surface area contributed by atoms with E-state index < -0.39 is 17.8 Å². The lowest BCUT2D eigenvalue weighted by Crippen LogP contribution is -2.16. The summed E-state index contributed by atoms with van der Waals surface area (Å²) < 4.78 is 44.5. The number of amides is 1. The Morgan fingerprint density at radius 1 is 0.897 bits per heavy atom. The van der Waals surface area contributed by atoms with Crippen molar-refractivity contribution in [2.45, 2.75) is 47.3 Å². The molecule has 39 heavy (non-hydrogen) atoms. The molecule has 5 aromatic rings. The smallest absolute Gasteiger partial charge is 0.317 e. The van der Waals surface area contributed by atoms with Gasteiger partial charge in [0.2, 0.25) is 0 Å². The molecule has 0 aliphatic carbocycles. The molecule has 0 aliphatic heterocycles. The minimum atomic E-state index is -4.71. The van der Waals surface area contributed by atoms with Gasteiger partial charge in [-0.25, -0.2) is 9.50 Å². The summed E-state index contributed by atoms with van der Waals surface area (Å²) in [6, 6.07) is 15.5. The Balaban J connectivity index is 1.49. The van der Waals surface area contributed by atoms with E-state index in [0.717, 1.165) is 34.0 Å². The van der Waals surface area contributed by atoms with Crippen molar-refractivity contribution in [3.8, 4) is 11.3 Å². The average molecular weight is 533 g/mol. The van der Waals surface area contributed by atoms with Crippen molar-refractivity contribution >= 4 is 17.2 Å². The number of halogens is 3. The van der Waals surface area contributed by atoms with Gasteiger partial charge in [0.1, 0.15) is 0 Å². The summed E-state index contributed by atoms with van der Waals surface area (Å²) in [5.74, 6) is -0.650. The molecule has 0 saturated heterocycles. The molecule has 2 aromatic carbocycles. The van der Waals surface area contributed by atoms with E-state index in [1.165, 1.54) is 6.07 Å². The van der Waals surface area contributed by atoms with Crippen molar-refractivity contribution in [1.82, 2.24) is 24.4 Å². The molecule has 3 aromatic heterocycles. The average Bonchev–Trinajstić information content (AvgIpc) is 3.42. The third kappa shape index (κ3) is 5.01. The molecule has 0 spiro atoms. The second-order valence-corrected chi connectivity index (χ2v) is 9.71. The van der Waals surface area contributed by atoms with E-state index in [1.807, 2.05) is 58.0 Å². The Morgan fingerprint density at radius 3 is 2.33 bits per heavy atom. The molecule has 0 bridgehead atoms. The SMILES string of the molecule is Cc1ccc(-c2cc(C(F)(F)F)n3nc(C(=O)Nc4c(C)nn(Cc5ccccc5C)c4C)cc3n2)cc1C. The summed E-state index contributed by atoms with van der Waals surface area (Å²) in [7, 11) is 0. The van der Waals surface area contributed by atoms with Crippen LogP contribution >= 0.6 is 0 Å². The number of aryl methyl sites for hydroxylation is 4. The molecule has 0 saturated carbocycles. The molecule has 10 heteroatoms. The van der Waals surface area contributed by atoms with E-state index in [4.69, 9.17) is 0 Å². The lowest BCUT2D eigenvalue weighted by atomic mass is 10.0. The van der Waals surface area contributed by atoms with Gasteiger partial charge in [0.15, 0.2) is 17.0 Å². The fourth-order valence-electron chi connectivity index (χ4n) is 4.49. The number of anilines is 1. The van der Waals surface area contributed by atoms with Crippen LogP contribution in [0.2, 0.25) is 0 Å². The Labute approximate surface area is 223 Å². The number of hydrogen-bond donors (Lipinski definition) is 1. The van der Waals surface area contributed by atoms with Gasteiger partial charge in [0.05, 0.1) is 29.3 Å². The first-order valence-corrected chi connectivity index (χ1v) is 12.4. The molecular weight excluding hydrogens is 505 g/mol. The zero-order valence-electron chi connectivity index (χ0n) is 22.2. The number of nitrogens with zero attached hydrogens (tertiary/aromatic N) is 5. The van der Waals surface area contributed by atoms with E-state index in [-0.39, 0.29) is 17.0 Å². The fourth-order valence-corrected chi connectivity index (χ4v) is 4.49. The molecule has 0 atom stereocenters. The van der Waals surface area contributed by atoms with Crippen molar-refractivity contribution in [2.75, 3.05) is 5.32 Å². The maximum atomic E-state index is 14.0. The van der Waals surface area contributed by atoms with Gasteiger partial charge in [-0.2, -0.15) is 23.4 Å². The van der Waals surface area contributed by atoms with Gasteiger partial charge in [-0.15, -0.1) is 0 Å². The van der Waals surface area contributed by atoms with Crippen LogP contribution < -0.4 is 5.32 Å². The van der Waals surface area contributed by atoms with Crippen LogP contribution in [0.4, 0.5) is 18.9 Å². The summed E-state index contributed by atoms with van der Waals surface area (Å²) in [6.45, 7) is 9.94. The number of rotatable bonds is 5. The second kappa shape index (κ2) is 9.68. The summed E-state index contributed by atoms with van der Waals surface area (Å²) in [5, 5.41) is 11.3. The number of benzene rings is 2. The van der Waals surface area contributed by atoms with Crippen molar-refractivity contribution in [2.24, 2.45) is 0 Å². The number of alkyl halides is 3. The van der Waals surface area contributed by atoms with Crippen LogP contribution in [0.15, 0.2) is 54.6 Å². The molecule has 0 fully saturated rings. The number of carbonyl (C=O) groups excluding carboxylic acids is 1. The number of carbonyl (C=O) groups is 1. The summed E-state index contributed by atoms with van der Waals surface area (Å²) in [6.07, 6.45) is -4.71. The molecule has 1 N–H and O–H groups in total. The Morgan fingerprint density at radius 2 is 1.64 bits per heavy atom. The van der Waals surface area contributed by atoms with E-state index in [0.29, 0.717) is 28.0 Å². The van der Waals surface area contributed by atoms with E-state index >= 15 is 0 Å². The Kier molecular flexibility index (Phi) is 6.49. The van der Waals surface area contributed by atoms with Crippen LogP contribution in [0.5, 0.6) is 0 Å². The summed E-state index contributed by atoms with van der Waals surface area (Å²) >= 11 is 0. The number of nitrogens with one attached hydrogen (secondary N) is 1. The van der Waals surface area contributed by atoms with Crippen molar-refractivity contribution < 1.29 is 18.0 Å². The van der Waals surface area contributed by atoms with Crippen molar-refractivity contribution in [1.29, 1.82) is 0 Å². The Bertz CT molecular complexity index is 1730. The topological polar surface area (TPSA) is 77.1 Å². The van der Waals surface area contributed by atoms with Crippen LogP contribution in [0.25, 0.3) is 16.9 Å². The minimum absolute atomic E-state index is 0.0769. The van der Waals surface area contributed by atoms with Gasteiger partial charge in [0.25, 0.3) is 5.91 Å². The minimum Gasteiger partial charge on any atom is -0.317 e. The number of fused-ring (bicyclic) bond motifs is 1. The van der Waals surface area contributed by atoms with Gasteiger partial charge in [-0.05, 0) is 69.0 Å². The molecule has 0 unspecified atom stereocenters. The zero-order valence-corrected chi connectivity index (χ0v) is 22.2. The highest BCUT2D eigenvalue weighted by atomic mass is 19.4. The molecule has 5 rings (SSSR count). The standard InChI is InChI=1S/C29H27F3N6O/c1-16-10-11-21(12-18(16)3)23-13-25(29(30,31)32)38-26(33-23)14-24(36-38)28(39)34-27-19(4)35-37(20(27)5)15-22-9-7-6-8-17(22)2/h6-14H,15H2,1-5H3,(H,34,39). The lowest BCUT2D eigenvalue weighted by Gasteiger charge is -2.11. The number of hydrogen-bond acceptors (Lipinski definition) is 4. The third-order valence-corrected chi connectivity index (χ3v) is 6.95. The maximum Gasteiger partial charge on any atom is 0.433 e. The first-order valence-electron chi connectivity index (χ1n) is 12.4. The van der Waals surface area contributed by atoms with Crippen LogP contribution in [-0.4, -0.2) is 30.3 Å². The zero-order chi connectivity index (χ0) is 28.1. The molecule has 0 aliphatic rings. The largest absolute Gasteiger partial charge is 0.433 e. The monoisotopic (exact) mass is 532 g/mol. The first-order chi connectivity index (χ1) is 18.4. The first kappa shape index (κ1) is 26.1. The number of aromatic nitrogens is 5. The quantitative estimate of drug-likeness (QED) is 0.282. The van der Waals surface area contributed by atoms with Gasteiger partial charge in [-0.1, -0.05) is 36.4 Å². The van der Waals surface area contributed by atoms with Gasteiger partial charge in [0, 0.05) is 11.6 Å². The molecule has 1 amide bonds. The third-order valence-electron chi connectivity index (χ3n) is 6.95. The molecular formula is C29H27F3N6O. The van der Waals surface area contributed by atoms with Crippen LogP contribution in [0, 0.1) is 34.6 Å². The van der Waals surface area contributed by atoms with E-state index in [9.17, 15) is 18.0 Å². The summed E-state index contributed by atoms with van der Waals surface area (Å²) in [5.41, 5.74) is 5.38. The predicted octanol–water partition coefficient (Wildman–Crippen LogP) is 6.45. The molecule has 0 radical (unpaired) electrons. The van der Waals surface area contributed by atoms with Gasteiger partial charge in [-0.3, -0.25) is 9.48 Å². The molecule has 200 valence electrons. The maximum absolute atomic E-state index is 14.0. The second-order valence-electron chi connectivity index (χ2n) is 9.71. The lowest BCUT2D eigenvalue weighted by molar-refractivity contribution is -0.142. The highest BCUT2D eigenvalue weighted by Gasteiger charge is 2.36. The Hall–Kier alpha value is -4.47. The van der Waals surface area contributed by atoms with Crippen molar-refractivity contribution in [3.05, 3.63) is 99.6 Å². The predicted molar refractivity (Wildman–Crippen MR) is 143 cm³/mol. The molecule has 7 nitrogen and oxygen atoms in total. The highest BCUT2D eigenvalue weighted by Crippen LogP contribution is 2.33. The van der Waals surface area contributed by atoms with Crippen LogP contribution in [0.1, 0.15) is 49.8 Å². The molecule has 3 heterocycles. The van der Waals surface area contributed by atoms with E-state index in [1.54, 1.807) is 23.7 Å². The highest BCUT2D eigenvalue weighted by molar-refractivity contribution is 6.04. The van der Waals surface area contributed by atoms with Gasteiger partial charge >= 0.3 is 6.18 Å². The van der Waals surface area contributed by atoms with E-state index in [2.05, 4.69) is 20.5 Å².